The molecule has 3 nitrogen and oxygen atoms in total. The van der Waals surface area contributed by atoms with Crippen molar-refractivity contribution < 1.29 is 5.11 Å². The van der Waals surface area contributed by atoms with Gasteiger partial charge >= 0.3 is 0 Å². The Morgan fingerprint density at radius 1 is 1.44 bits per heavy atom. The third-order valence-corrected chi connectivity index (χ3v) is 3.67. The highest BCUT2D eigenvalue weighted by Gasteiger charge is 2.24. The van der Waals surface area contributed by atoms with E-state index in [2.05, 4.69) is 31.0 Å². The van der Waals surface area contributed by atoms with Gasteiger partial charge in [0.15, 0.2) is 0 Å². The minimum absolute atomic E-state index is 0.165. The van der Waals surface area contributed by atoms with Gasteiger partial charge in [0.25, 0.3) is 0 Å². The summed E-state index contributed by atoms with van der Waals surface area (Å²) in [4.78, 5) is 2.51. The molecule has 3 heteroatoms. The molecule has 2 N–H and O–H groups in total. The topological polar surface area (TPSA) is 35.5 Å². The van der Waals surface area contributed by atoms with Crippen LogP contribution >= 0.6 is 0 Å². The zero-order valence-electron chi connectivity index (χ0n) is 11.1. The minimum Gasteiger partial charge on any atom is -0.392 e. The smallest absolute Gasteiger partial charge is 0.0664 e. The second kappa shape index (κ2) is 7.25. The fraction of sp³-hybridized carbons (Fsp3) is 1.00. The number of rotatable bonds is 6. The summed E-state index contributed by atoms with van der Waals surface area (Å²) in [6, 6.07) is 0.592. The molecule has 1 aliphatic heterocycles. The van der Waals surface area contributed by atoms with Gasteiger partial charge in [0.1, 0.15) is 0 Å². The van der Waals surface area contributed by atoms with Crippen molar-refractivity contribution in [1.82, 2.24) is 10.2 Å². The molecule has 0 aromatic carbocycles. The Morgan fingerprint density at radius 2 is 2.19 bits per heavy atom. The maximum atomic E-state index is 9.69. The summed E-state index contributed by atoms with van der Waals surface area (Å²) in [5, 5.41) is 13.2. The first-order valence-electron chi connectivity index (χ1n) is 6.81. The Bertz CT molecular complexity index is 187. The molecule has 1 aliphatic rings. The molecular formula is C13H28N2O. The van der Waals surface area contributed by atoms with Gasteiger partial charge in [-0.25, -0.2) is 0 Å². The van der Waals surface area contributed by atoms with E-state index in [-0.39, 0.29) is 6.10 Å². The van der Waals surface area contributed by atoms with Crippen molar-refractivity contribution in [3.63, 3.8) is 0 Å². The molecule has 16 heavy (non-hydrogen) atoms. The van der Waals surface area contributed by atoms with Crippen molar-refractivity contribution in [2.75, 3.05) is 26.2 Å². The van der Waals surface area contributed by atoms with E-state index in [9.17, 15) is 5.11 Å². The van der Waals surface area contributed by atoms with Crippen LogP contribution in [0.5, 0.6) is 0 Å². The Labute approximate surface area is 100 Å². The average Bonchev–Trinajstić information content (AvgIpc) is 2.27. The standard InChI is InChI=1S/C13H28N2O/c1-4-6-12(16)9-14-13-7-8-15(5-2)10-11(13)3/h11-14,16H,4-10H2,1-3H3. The van der Waals surface area contributed by atoms with Gasteiger partial charge in [0.2, 0.25) is 0 Å². The van der Waals surface area contributed by atoms with E-state index in [4.69, 9.17) is 0 Å². The Morgan fingerprint density at radius 3 is 2.75 bits per heavy atom. The molecule has 1 rings (SSSR count). The van der Waals surface area contributed by atoms with Crippen LogP contribution in [0.2, 0.25) is 0 Å². The molecule has 1 fully saturated rings. The molecule has 0 bridgehead atoms. The van der Waals surface area contributed by atoms with Gasteiger partial charge in [0.05, 0.1) is 6.10 Å². The lowest BCUT2D eigenvalue weighted by Crippen LogP contribution is -2.49. The monoisotopic (exact) mass is 228 g/mol. The minimum atomic E-state index is -0.165. The summed E-state index contributed by atoms with van der Waals surface area (Å²) in [7, 11) is 0. The van der Waals surface area contributed by atoms with Gasteiger partial charge in [0, 0.05) is 19.1 Å². The predicted molar refractivity (Wildman–Crippen MR) is 68.6 cm³/mol. The third-order valence-electron chi connectivity index (χ3n) is 3.67. The van der Waals surface area contributed by atoms with Gasteiger partial charge in [-0.1, -0.05) is 27.2 Å². The normalized spacial score (nSPS) is 29.2. The summed E-state index contributed by atoms with van der Waals surface area (Å²) in [6.07, 6.45) is 3.02. The predicted octanol–water partition coefficient (Wildman–Crippen LogP) is 1.47. The number of likely N-dealkylation sites (tertiary alicyclic amines) is 1. The molecule has 0 spiro atoms. The van der Waals surface area contributed by atoms with E-state index in [0.29, 0.717) is 12.0 Å². The van der Waals surface area contributed by atoms with Crippen molar-refractivity contribution in [3.8, 4) is 0 Å². The number of nitrogens with one attached hydrogen (secondary N) is 1. The highest BCUT2D eigenvalue weighted by Crippen LogP contribution is 2.16. The van der Waals surface area contributed by atoms with Crippen molar-refractivity contribution in [2.45, 2.75) is 52.2 Å². The number of aliphatic hydroxyl groups excluding tert-OH is 1. The van der Waals surface area contributed by atoms with Crippen molar-refractivity contribution in [1.29, 1.82) is 0 Å². The first-order chi connectivity index (χ1) is 7.67. The Kier molecular flexibility index (Phi) is 6.32. The maximum absolute atomic E-state index is 9.69. The van der Waals surface area contributed by atoms with E-state index in [1.165, 1.54) is 19.5 Å². The summed E-state index contributed by atoms with van der Waals surface area (Å²) >= 11 is 0. The third kappa shape index (κ3) is 4.40. The van der Waals surface area contributed by atoms with Gasteiger partial charge in [-0.15, -0.1) is 0 Å². The second-order valence-electron chi connectivity index (χ2n) is 5.12. The summed E-state index contributed by atoms with van der Waals surface area (Å²) < 4.78 is 0. The van der Waals surface area contributed by atoms with Gasteiger partial charge < -0.3 is 15.3 Å². The zero-order chi connectivity index (χ0) is 12.0. The molecule has 96 valence electrons. The fourth-order valence-corrected chi connectivity index (χ4v) is 2.55. The maximum Gasteiger partial charge on any atom is 0.0664 e. The molecule has 0 radical (unpaired) electrons. The lowest BCUT2D eigenvalue weighted by Gasteiger charge is -2.37. The number of hydrogen-bond acceptors (Lipinski definition) is 3. The van der Waals surface area contributed by atoms with E-state index < -0.39 is 0 Å². The van der Waals surface area contributed by atoms with Crippen LogP contribution in [0.3, 0.4) is 0 Å². The van der Waals surface area contributed by atoms with Crippen LogP contribution in [0.1, 0.15) is 40.0 Å². The summed E-state index contributed by atoms with van der Waals surface area (Å²) in [6.45, 7) is 11.0. The van der Waals surface area contributed by atoms with Gasteiger partial charge in [-0.2, -0.15) is 0 Å². The van der Waals surface area contributed by atoms with E-state index >= 15 is 0 Å². The van der Waals surface area contributed by atoms with Crippen LogP contribution in [0.15, 0.2) is 0 Å². The molecular weight excluding hydrogens is 200 g/mol. The Balaban J connectivity index is 2.22. The molecule has 0 saturated carbocycles. The number of aliphatic hydroxyl groups is 1. The Hall–Kier alpha value is -0.120. The lowest BCUT2D eigenvalue weighted by molar-refractivity contribution is 0.122. The van der Waals surface area contributed by atoms with Crippen LogP contribution in [-0.2, 0) is 0 Å². The van der Waals surface area contributed by atoms with E-state index in [0.717, 1.165) is 25.9 Å². The number of piperidine rings is 1. The van der Waals surface area contributed by atoms with Crippen molar-refractivity contribution in [3.05, 3.63) is 0 Å². The summed E-state index contributed by atoms with van der Waals surface area (Å²) in [5.74, 6) is 0.697. The van der Waals surface area contributed by atoms with Crippen LogP contribution in [0.4, 0.5) is 0 Å². The van der Waals surface area contributed by atoms with E-state index in [1.54, 1.807) is 0 Å². The van der Waals surface area contributed by atoms with Gasteiger partial charge in [-0.3, -0.25) is 0 Å². The quantitative estimate of drug-likeness (QED) is 0.722. The fourth-order valence-electron chi connectivity index (χ4n) is 2.55. The van der Waals surface area contributed by atoms with Crippen LogP contribution < -0.4 is 5.32 Å². The molecule has 0 amide bonds. The van der Waals surface area contributed by atoms with Crippen LogP contribution in [0, 0.1) is 5.92 Å². The largest absolute Gasteiger partial charge is 0.392 e. The summed E-state index contributed by atoms with van der Waals surface area (Å²) in [5.41, 5.74) is 0. The van der Waals surface area contributed by atoms with Crippen molar-refractivity contribution in [2.24, 2.45) is 5.92 Å². The first-order valence-corrected chi connectivity index (χ1v) is 6.81. The van der Waals surface area contributed by atoms with Crippen molar-refractivity contribution >= 4 is 0 Å². The number of nitrogens with zero attached hydrogens (tertiary/aromatic N) is 1. The first kappa shape index (κ1) is 13.9. The van der Waals surface area contributed by atoms with Crippen LogP contribution in [0.25, 0.3) is 0 Å². The van der Waals surface area contributed by atoms with Gasteiger partial charge in [-0.05, 0) is 31.8 Å². The molecule has 3 atom stereocenters. The molecule has 1 heterocycles. The SMILES string of the molecule is CCCC(O)CNC1CCN(CC)CC1C. The molecule has 0 aliphatic carbocycles. The van der Waals surface area contributed by atoms with Crippen LogP contribution in [-0.4, -0.2) is 48.3 Å². The highest BCUT2D eigenvalue weighted by molar-refractivity contribution is 4.82. The zero-order valence-corrected chi connectivity index (χ0v) is 11.1. The lowest BCUT2D eigenvalue weighted by atomic mass is 9.93. The second-order valence-corrected chi connectivity index (χ2v) is 5.12. The number of hydrogen-bond donors (Lipinski definition) is 2. The molecule has 0 aromatic rings. The molecule has 1 saturated heterocycles. The molecule has 0 aromatic heterocycles. The van der Waals surface area contributed by atoms with E-state index in [1.807, 2.05) is 0 Å². The average molecular weight is 228 g/mol. The highest BCUT2D eigenvalue weighted by atomic mass is 16.3. The molecule has 3 unspecified atom stereocenters.